The molecule has 1 aromatic rings. The molecule has 0 bridgehead atoms. The number of ether oxygens (including phenoxy) is 1. The van der Waals surface area contributed by atoms with Gasteiger partial charge in [-0.3, -0.25) is 14.2 Å². The minimum absolute atomic E-state index is 0.0897. The molecular formula is C29H39ClF2N3O6P. The van der Waals surface area contributed by atoms with Gasteiger partial charge in [-0.15, -0.1) is 6.58 Å². The van der Waals surface area contributed by atoms with Gasteiger partial charge in [-0.2, -0.15) is 0 Å². The van der Waals surface area contributed by atoms with Crippen molar-refractivity contribution >= 4 is 36.9 Å². The molecule has 2 unspecified atom stereocenters. The van der Waals surface area contributed by atoms with E-state index in [1.54, 1.807) is 20.8 Å². The molecule has 5 atom stereocenters. The third-order valence-corrected chi connectivity index (χ3v) is 11.5. The van der Waals surface area contributed by atoms with E-state index in [4.69, 9.17) is 16.3 Å². The van der Waals surface area contributed by atoms with Gasteiger partial charge in [0, 0.05) is 12.5 Å². The van der Waals surface area contributed by atoms with Crippen LogP contribution in [0.4, 0.5) is 13.6 Å². The van der Waals surface area contributed by atoms with Crippen LogP contribution in [0.3, 0.4) is 0 Å². The molecule has 2 aliphatic carbocycles. The zero-order valence-corrected chi connectivity index (χ0v) is 25.8. The summed E-state index contributed by atoms with van der Waals surface area (Å²) in [5.74, 6) is -3.79. The smallest absolute Gasteiger partial charge is 0.408 e. The summed E-state index contributed by atoms with van der Waals surface area (Å²) in [5, 5.41) is 3.01. The van der Waals surface area contributed by atoms with Crippen molar-refractivity contribution in [2.24, 2.45) is 11.3 Å². The van der Waals surface area contributed by atoms with Crippen molar-refractivity contribution in [1.29, 1.82) is 0 Å². The highest BCUT2D eigenvalue weighted by Gasteiger charge is 2.65. The van der Waals surface area contributed by atoms with Gasteiger partial charge in [0.15, 0.2) is 0 Å². The maximum atomic E-state index is 14.6. The van der Waals surface area contributed by atoms with E-state index in [0.29, 0.717) is 12.8 Å². The number of likely N-dealkylation sites (tertiary alicyclic amines) is 1. The summed E-state index contributed by atoms with van der Waals surface area (Å²) in [6.07, 6.45) is 4.32. The number of rotatable bonds is 9. The van der Waals surface area contributed by atoms with E-state index < -0.39 is 76.8 Å². The van der Waals surface area contributed by atoms with Crippen molar-refractivity contribution in [3.8, 4) is 0 Å². The van der Waals surface area contributed by atoms with Crippen molar-refractivity contribution < 1.29 is 37.4 Å². The molecule has 0 aromatic heterocycles. The van der Waals surface area contributed by atoms with Crippen molar-refractivity contribution in [3.63, 3.8) is 0 Å². The van der Waals surface area contributed by atoms with E-state index in [9.17, 15) is 32.6 Å². The van der Waals surface area contributed by atoms with E-state index >= 15 is 0 Å². The second-order valence-electron chi connectivity index (χ2n) is 12.6. The molecule has 9 nitrogen and oxygen atoms in total. The Labute approximate surface area is 249 Å². The molecule has 3 fully saturated rings. The van der Waals surface area contributed by atoms with Crippen LogP contribution in [0.5, 0.6) is 0 Å². The first-order valence-corrected chi connectivity index (χ1v) is 16.5. The third-order valence-electron chi connectivity index (χ3n) is 8.52. The van der Waals surface area contributed by atoms with Gasteiger partial charge < -0.3 is 25.2 Å². The summed E-state index contributed by atoms with van der Waals surface area (Å²) in [6, 6.07) is 0.0325. The fourth-order valence-corrected chi connectivity index (χ4v) is 8.53. The highest BCUT2D eigenvalue weighted by molar-refractivity contribution is 7.59. The van der Waals surface area contributed by atoms with E-state index in [0.717, 1.165) is 37.8 Å². The quantitative estimate of drug-likeness (QED) is 0.189. The number of hydrogen-bond acceptors (Lipinski definition) is 5. The number of halogens is 3. The number of alkyl carbamates (subject to hydrolysis) is 1. The van der Waals surface area contributed by atoms with Gasteiger partial charge in [-0.1, -0.05) is 44.5 Å². The molecule has 2 saturated carbocycles. The van der Waals surface area contributed by atoms with Crippen molar-refractivity contribution in [2.45, 2.75) is 95.3 Å². The number of nitrogens with zero attached hydrogens (tertiary/aromatic N) is 1. The molecule has 0 radical (unpaired) electrons. The molecule has 1 aliphatic heterocycles. The van der Waals surface area contributed by atoms with E-state index in [1.807, 2.05) is 0 Å². The average Bonchev–Trinajstić information content (AvgIpc) is 3.24. The molecular weight excluding hydrogens is 591 g/mol. The Balaban J connectivity index is 1.51. The van der Waals surface area contributed by atoms with Gasteiger partial charge in [-0.25, -0.2) is 13.6 Å². The number of carbonyl (C=O) groups is 3. The van der Waals surface area contributed by atoms with Crippen LogP contribution >= 0.6 is 19.0 Å². The minimum atomic E-state index is -4.36. The van der Waals surface area contributed by atoms with Crippen LogP contribution in [0.2, 0.25) is 5.02 Å². The Bertz CT molecular complexity index is 1300. The zero-order valence-electron chi connectivity index (χ0n) is 24.1. The van der Waals surface area contributed by atoms with Gasteiger partial charge >= 0.3 is 6.09 Å². The van der Waals surface area contributed by atoms with E-state index in [2.05, 4.69) is 17.2 Å². The largest absolute Gasteiger partial charge is 0.446 e. The first-order valence-electron chi connectivity index (χ1n) is 14.3. The highest BCUT2D eigenvalue weighted by Crippen LogP contribution is 2.71. The van der Waals surface area contributed by atoms with Gasteiger partial charge in [-0.05, 0) is 62.0 Å². The predicted octanol–water partition coefficient (Wildman–Crippen LogP) is 5.48. The second kappa shape index (κ2) is 12.2. The monoisotopic (exact) mass is 629 g/mol. The van der Waals surface area contributed by atoms with Crippen molar-refractivity contribution in [3.05, 3.63) is 47.0 Å². The maximum Gasteiger partial charge on any atom is 0.408 e. The Hall–Kier alpha value is -2.49. The van der Waals surface area contributed by atoms with Crippen molar-refractivity contribution in [1.82, 2.24) is 15.5 Å². The normalized spacial score (nSPS) is 26.3. The number of nitrogens with one attached hydrogen (secondary N) is 2. The lowest BCUT2D eigenvalue weighted by atomic mass is 9.85. The molecule has 1 heterocycles. The number of amides is 3. The maximum absolute atomic E-state index is 14.6. The first-order chi connectivity index (χ1) is 19.6. The molecule has 42 heavy (non-hydrogen) atoms. The van der Waals surface area contributed by atoms with Gasteiger partial charge in [0.25, 0.3) is 0 Å². The van der Waals surface area contributed by atoms with Crippen LogP contribution < -0.4 is 10.6 Å². The number of hydrogen-bond donors (Lipinski definition) is 3. The molecule has 13 heteroatoms. The molecule has 3 aliphatic rings. The fourth-order valence-electron chi connectivity index (χ4n) is 5.97. The molecule has 1 aromatic carbocycles. The molecule has 232 valence electrons. The lowest BCUT2D eigenvalue weighted by Crippen LogP contribution is -2.58. The van der Waals surface area contributed by atoms with Crippen LogP contribution in [0, 0.1) is 23.0 Å². The third kappa shape index (κ3) is 6.53. The second-order valence-corrected chi connectivity index (χ2v) is 15.5. The summed E-state index contributed by atoms with van der Waals surface area (Å²) < 4.78 is 47.5. The minimum Gasteiger partial charge on any atom is -0.446 e. The van der Waals surface area contributed by atoms with Gasteiger partial charge in [0.2, 0.25) is 19.2 Å². The Kier molecular flexibility index (Phi) is 9.46. The zero-order chi connectivity index (χ0) is 31.0. The summed E-state index contributed by atoms with van der Waals surface area (Å²) in [6.45, 7) is 9.36. The summed E-state index contributed by atoms with van der Waals surface area (Å²) in [5.41, 5.74) is -0.959. The average molecular weight is 630 g/mol. The SMILES string of the molecule is C=C[C@@H]1C[C@]1(NC(=O)[C@@H]1CCCN1C(=O)C(NC(=O)OC1CCCC1)C(C)(C)C)P(=O)(O)Cc1ccc(F)c(Cl)c1F. The van der Waals surface area contributed by atoms with Crippen LogP contribution in [-0.4, -0.2) is 57.7 Å². The van der Waals surface area contributed by atoms with Crippen molar-refractivity contribution in [2.75, 3.05) is 6.54 Å². The lowest BCUT2D eigenvalue weighted by Gasteiger charge is -2.36. The highest BCUT2D eigenvalue weighted by atomic mass is 35.5. The Morgan fingerprint density at radius 1 is 1.24 bits per heavy atom. The first kappa shape index (κ1) is 32.4. The fraction of sp³-hybridized carbons (Fsp3) is 0.621. The lowest BCUT2D eigenvalue weighted by molar-refractivity contribution is -0.142. The number of benzene rings is 1. The molecule has 3 N–H and O–H groups in total. The number of carbonyl (C=O) groups excluding carboxylic acids is 3. The standard InChI is InChI=1S/C29H39ClF2N3O6P/c1-5-18-15-29(18,42(39,40)16-17-12-13-20(31)22(30)23(17)32)34-25(36)21-11-8-14-35(21)26(37)24(28(2,3)4)33-27(38)41-19-9-6-7-10-19/h5,12-13,18-19,21,24H,1,6-11,14-16H2,2-4H3,(H,33,38)(H,34,36)(H,39,40)/t18-,21+,24?,29+/m1/s1. The van der Waals surface area contributed by atoms with Gasteiger partial charge in [0.05, 0.1) is 6.16 Å². The summed E-state index contributed by atoms with van der Waals surface area (Å²) in [7, 11) is -4.36. The van der Waals surface area contributed by atoms with Crippen LogP contribution in [0.25, 0.3) is 0 Å². The van der Waals surface area contributed by atoms with Crippen LogP contribution in [0.15, 0.2) is 24.8 Å². The molecule has 4 rings (SSSR count). The Morgan fingerprint density at radius 2 is 1.90 bits per heavy atom. The van der Waals surface area contributed by atoms with Gasteiger partial charge in [0.1, 0.15) is 40.1 Å². The van der Waals surface area contributed by atoms with Crippen LogP contribution in [0.1, 0.15) is 71.3 Å². The summed E-state index contributed by atoms with van der Waals surface area (Å²) in [4.78, 5) is 52.7. The van der Waals surface area contributed by atoms with E-state index in [-0.39, 0.29) is 24.6 Å². The molecule has 3 amide bonds. The molecule has 1 saturated heterocycles. The Morgan fingerprint density at radius 3 is 2.50 bits per heavy atom. The molecule has 0 spiro atoms. The topological polar surface area (TPSA) is 125 Å². The predicted molar refractivity (Wildman–Crippen MR) is 154 cm³/mol. The van der Waals surface area contributed by atoms with E-state index in [1.165, 1.54) is 11.0 Å². The van der Waals surface area contributed by atoms with Crippen LogP contribution in [-0.2, 0) is 25.1 Å². The summed E-state index contributed by atoms with van der Waals surface area (Å²) >= 11 is 5.67.